The molecule has 1 heterocycles. The van der Waals surface area contributed by atoms with Gasteiger partial charge in [0.25, 0.3) is 5.91 Å². The summed E-state index contributed by atoms with van der Waals surface area (Å²) in [5.74, 6) is 1.08. The quantitative estimate of drug-likeness (QED) is 0.522. The number of rotatable bonds is 6. The molecule has 2 aromatic carbocycles. The lowest BCUT2D eigenvalue weighted by Gasteiger charge is -2.12. The van der Waals surface area contributed by atoms with Crippen molar-refractivity contribution in [3.8, 4) is 11.5 Å². The highest BCUT2D eigenvalue weighted by atomic mass is 32.2. The van der Waals surface area contributed by atoms with Crippen LogP contribution in [-0.4, -0.2) is 36.7 Å². The average molecular weight is 394 g/mol. The summed E-state index contributed by atoms with van der Waals surface area (Å²) in [6, 6.07) is 13.4. The molecular formula is C22H22N2O3S. The zero-order valence-electron chi connectivity index (χ0n) is 16.1. The molecule has 2 aromatic rings. The first-order valence-electron chi connectivity index (χ1n) is 8.77. The van der Waals surface area contributed by atoms with Gasteiger partial charge in [0.05, 0.1) is 17.7 Å². The summed E-state index contributed by atoms with van der Waals surface area (Å²) in [5, 5.41) is 0.641. The second-order valence-electron chi connectivity index (χ2n) is 6.13. The third-order valence-electron chi connectivity index (χ3n) is 4.20. The molecule has 1 saturated heterocycles. The van der Waals surface area contributed by atoms with Crippen LogP contribution in [0.5, 0.6) is 11.5 Å². The molecule has 1 aliphatic rings. The van der Waals surface area contributed by atoms with Crippen molar-refractivity contribution in [2.24, 2.45) is 4.99 Å². The predicted molar refractivity (Wildman–Crippen MR) is 115 cm³/mol. The highest BCUT2D eigenvalue weighted by Crippen LogP contribution is 2.38. The molecule has 0 bridgehead atoms. The molecule has 1 aliphatic heterocycles. The average Bonchev–Trinajstić information content (AvgIpc) is 2.96. The third kappa shape index (κ3) is 4.12. The summed E-state index contributed by atoms with van der Waals surface area (Å²) in [6.45, 7) is 6.02. The van der Waals surface area contributed by atoms with Crippen LogP contribution in [0.25, 0.3) is 6.08 Å². The van der Waals surface area contributed by atoms with E-state index in [1.807, 2.05) is 55.5 Å². The Balaban J connectivity index is 1.97. The van der Waals surface area contributed by atoms with E-state index >= 15 is 0 Å². The molecule has 0 atom stereocenters. The first kappa shape index (κ1) is 19.8. The number of aliphatic imine (C=N–C) groups is 1. The fourth-order valence-corrected chi connectivity index (χ4v) is 3.66. The maximum Gasteiger partial charge on any atom is 0.266 e. The molecule has 0 radical (unpaired) electrons. The number of amides is 1. The number of methoxy groups -OCH3 is 1. The first-order valence-corrected chi connectivity index (χ1v) is 9.59. The third-order valence-corrected chi connectivity index (χ3v) is 5.26. The predicted octanol–water partition coefficient (Wildman–Crippen LogP) is 4.80. The zero-order valence-corrected chi connectivity index (χ0v) is 17.0. The van der Waals surface area contributed by atoms with Gasteiger partial charge >= 0.3 is 0 Å². The van der Waals surface area contributed by atoms with Crippen LogP contribution in [0.2, 0.25) is 0 Å². The Morgan fingerprint density at radius 2 is 2.00 bits per heavy atom. The summed E-state index contributed by atoms with van der Waals surface area (Å²) >= 11 is 1.34. The van der Waals surface area contributed by atoms with E-state index < -0.39 is 0 Å². The van der Waals surface area contributed by atoms with E-state index in [1.165, 1.54) is 11.8 Å². The minimum absolute atomic E-state index is 0.102. The van der Waals surface area contributed by atoms with Crippen molar-refractivity contribution < 1.29 is 14.3 Å². The number of carbonyl (C=O) groups is 1. The topological polar surface area (TPSA) is 51.1 Å². The summed E-state index contributed by atoms with van der Waals surface area (Å²) in [6.07, 6.45) is 3.48. The zero-order chi connectivity index (χ0) is 20.1. The van der Waals surface area contributed by atoms with Crippen LogP contribution in [-0.2, 0) is 4.79 Å². The van der Waals surface area contributed by atoms with Gasteiger partial charge < -0.3 is 9.47 Å². The fourth-order valence-electron chi connectivity index (χ4n) is 2.69. The number of para-hydroxylation sites is 2. The molecule has 0 aromatic heterocycles. The van der Waals surface area contributed by atoms with Gasteiger partial charge in [-0.25, -0.2) is 4.99 Å². The molecule has 0 spiro atoms. The van der Waals surface area contributed by atoms with Crippen molar-refractivity contribution in [1.29, 1.82) is 0 Å². The number of benzene rings is 2. The second-order valence-corrected chi connectivity index (χ2v) is 7.14. The van der Waals surface area contributed by atoms with Crippen molar-refractivity contribution >= 4 is 34.6 Å². The number of ether oxygens (including phenoxy) is 2. The lowest BCUT2D eigenvalue weighted by molar-refractivity contribution is -0.121. The van der Waals surface area contributed by atoms with Gasteiger partial charge in [-0.2, -0.15) is 0 Å². The summed E-state index contributed by atoms with van der Waals surface area (Å²) < 4.78 is 11.2. The standard InChI is InChI=1S/C22H22N2O3S/c1-5-13-27-20-16(10-8-12-18(20)26-4)14-19-21(25)24(3)22(28-19)23-17-11-7-6-9-15(17)2/h5-12,14H,1,13H2,2-4H3/b19-14-,23-22?. The smallest absolute Gasteiger partial charge is 0.266 e. The molecule has 0 aliphatic carbocycles. The van der Waals surface area contributed by atoms with E-state index in [0.717, 1.165) is 16.8 Å². The molecule has 5 nitrogen and oxygen atoms in total. The summed E-state index contributed by atoms with van der Waals surface area (Å²) in [5.41, 5.74) is 2.67. The number of aryl methyl sites for hydroxylation is 1. The molecule has 1 fully saturated rings. The molecule has 6 heteroatoms. The SMILES string of the molecule is C=CCOc1c(/C=C2\SC(=Nc3ccccc3C)N(C)C2=O)cccc1OC. The van der Waals surface area contributed by atoms with Gasteiger partial charge in [0, 0.05) is 12.6 Å². The lowest BCUT2D eigenvalue weighted by Crippen LogP contribution is -2.23. The molecule has 0 unspecified atom stereocenters. The molecule has 0 saturated carbocycles. The Labute approximate surface area is 169 Å². The van der Waals surface area contributed by atoms with E-state index in [9.17, 15) is 4.79 Å². The van der Waals surface area contributed by atoms with Crippen LogP contribution in [0.15, 0.2) is 65.0 Å². The number of amidine groups is 1. The van der Waals surface area contributed by atoms with E-state index in [2.05, 4.69) is 11.6 Å². The Kier molecular flexibility index (Phi) is 6.21. The molecule has 1 amide bonds. The Morgan fingerprint density at radius 1 is 1.21 bits per heavy atom. The van der Waals surface area contributed by atoms with E-state index in [-0.39, 0.29) is 5.91 Å². The minimum atomic E-state index is -0.102. The second kappa shape index (κ2) is 8.80. The van der Waals surface area contributed by atoms with Gasteiger partial charge in [-0.05, 0) is 42.5 Å². The number of likely N-dealkylation sites (N-methyl/N-ethyl adjacent to an activating group) is 1. The van der Waals surface area contributed by atoms with Gasteiger partial charge in [0.2, 0.25) is 0 Å². The van der Waals surface area contributed by atoms with Crippen LogP contribution in [0.4, 0.5) is 5.69 Å². The van der Waals surface area contributed by atoms with E-state index in [0.29, 0.717) is 28.2 Å². The van der Waals surface area contributed by atoms with E-state index in [1.54, 1.807) is 25.1 Å². The number of nitrogens with zero attached hydrogens (tertiary/aromatic N) is 2. The van der Waals surface area contributed by atoms with Crippen LogP contribution in [0.3, 0.4) is 0 Å². The molecule has 3 rings (SSSR count). The van der Waals surface area contributed by atoms with Gasteiger partial charge in [-0.3, -0.25) is 9.69 Å². The number of hydrogen-bond acceptors (Lipinski definition) is 5. The fraction of sp³-hybridized carbons (Fsp3) is 0.182. The highest BCUT2D eigenvalue weighted by molar-refractivity contribution is 8.18. The Morgan fingerprint density at radius 3 is 2.71 bits per heavy atom. The molecule has 0 N–H and O–H groups in total. The molecular weight excluding hydrogens is 372 g/mol. The maximum absolute atomic E-state index is 12.7. The van der Waals surface area contributed by atoms with E-state index in [4.69, 9.17) is 9.47 Å². The number of carbonyl (C=O) groups excluding carboxylic acids is 1. The van der Waals surface area contributed by atoms with Gasteiger partial charge in [0.1, 0.15) is 6.61 Å². The van der Waals surface area contributed by atoms with Gasteiger partial charge in [-0.1, -0.05) is 43.0 Å². The summed E-state index contributed by atoms with van der Waals surface area (Å²) in [7, 11) is 3.32. The molecule has 28 heavy (non-hydrogen) atoms. The monoisotopic (exact) mass is 394 g/mol. The number of hydrogen-bond donors (Lipinski definition) is 0. The Bertz CT molecular complexity index is 966. The first-order chi connectivity index (χ1) is 13.5. The van der Waals surface area contributed by atoms with Crippen LogP contribution in [0.1, 0.15) is 11.1 Å². The maximum atomic E-state index is 12.7. The van der Waals surface area contributed by atoms with Gasteiger partial charge in [-0.15, -0.1) is 0 Å². The Hall–Kier alpha value is -2.99. The highest BCUT2D eigenvalue weighted by Gasteiger charge is 2.31. The summed E-state index contributed by atoms with van der Waals surface area (Å²) in [4.78, 5) is 19.5. The van der Waals surface area contributed by atoms with Crippen molar-refractivity contribution in [1.82, 2.24) is 4.90 Å². The van der Waals surface area contributed by atoms with Crippen LogP contribution < -0.4 is 9.47 Å². The van der Waals surface area contributed by atoms with Crippen molar-refractivity contribution in [3.63, 3.8) is 0 Å². The van der Waals surface area contributed by atoms with Crippen LogP contribution >= 0.6 is 11.8 Å². The normalized spacial score (nSPS) is 16.7. The lowest BCUT2D eigenvalue weighted by atomic mass is 10.1. The van der Waals surface area contributed by atoms with Crippen molar-refractivity contribution in [3.05, 3.63) is 71.2 Å². The minimum Gasteiger partial charge on any atom is -0.493 e. The largest absolute Gasteiger partial charge is 0.493 e. The van der Waals surface area contributed by atoms with Gasteiger partial charge in [0.15, 0.2) is 16.7 Å². The van der Waals surface area contributed by atoms with Crippen molar-refractivity contribution in [2.75, 3.05) is 20.8 Å². The van der Waals surface area contributed by atoms with Crippen LogP contribution in [0, 0.1) is 6.92 Å². The van der Waals surface area contributed by atoms with Crippen molar-refractivity contribution in [2.45, 2.75) is 6.92 Å². The number of thioether (sulfide) groups is 1. The molecule has 144 valence electrons.